The SMILES string of the molecule is COc1ccc(C(=O)N(CC[C@@]23C=CC[C@@H](OC2=O)[C@@H]3I)N(C(=S)SC)c2ccccc2)cc1. The van der Waals surface area contributed by atoms with E-state index in [0.29, 0.717) is 22.1 Å². The van der Waals surface area contributed by atoms with E-state index in [9.17, 15) is 9.59 Å². The average molecular weight is 609 g/mol. The van der Waals surface area contributed by atoms with E-state index >= 15 is 0 Å². The van der Waals surface area contributed by atoms with Gasteiger partial charge in [-0.05, 0) is 49.1 Å². The van der Waals surface area contributed by atoms with Crippen molar-refractivity contribution in [2.24, 2.45) is 5.41 Å². The Labute approximate surface area is 222 Å². The predicted octanol–water partition coefficient (Wildman–Crippen LogP) is 5.27. The lowest BCUT2D eigenvalue weighted by Gasteiger charge is -2.38. The number of carbonyl (C=O) groups excluding carboxylic acids is 2. The maximum atomic E-state index is 13.9. The highest BCUT2D eigenvalue weighted by Crippen LogP contribution is 2.48. The van der Waals surface area contributed by atoms with Crippen LogP contribution in [0.15, 0.2) is 66.7 Å². The molecule has 4 rings (SSSR count). The summed E-state index contributed by atoms with van der Waals surface area (Å²) < 4.78 is 11.4. The Balaban J connectivity index is 1.71. The van der Waals surface area contributed by atoms with Gasteiger partial charge in [0.05, 0.1) is 16.7 Å². The number of amides is 1. The van der Waals surface area contributed by atoms with Crippen LogP contribution in [0.2, 0.25) is 0 Å². The smallest absolute Gasteiger partial charge is 0.317 e. The van der Waals surface area contributed by atoms with Crippen molar-refractivity contribution in [1.82, 2.24) is 5.01 Å². The molecular weight excluding hydrogens is 583 g/mol. The van der Waals surface area contributed by atoms with E-state index in [-0.39, 0.29) is 28.4 Å². The number of para-hydroxylation sites is 1. The lowest BCUT2D eigenvalue weighted by molar-refractivity contribution is -0.146. The second-order valence-corrected chi connectivity index (χ2v) is 10.8. The number of nitrogens with zero attached hydrogens (tertiary/aromatic N) is 2. The largest absolute Gasteiger partial charge is 0.497 e. The zero-order chi connectivity index (χ0) is 24.3. The number of halogens is 1. The number of thiocarbonyl (C=S) groups is 1. The zero-order valence-corrected chi connectivity index (χ0v) is 22.6. The molecule has 2 aromatic carbocycles. The van der Waals surface area contributed by atoms with E-state index < -0.39 is 5.41 Å². The van der Waals surface area contributed by atoms with E-state index in [0.717, 1.165) is 12.1 Å². The summed E-state index contributed by atoms with van der Waals surface area (Å²) in [7, 11) is 1.59. The Bertz CT molecular complexity index is 1100. The van der Waals surface area contributed by atoms with Gasteiger partial charge in [-0.1, -0.05) is 76.9 Å². The summed E-state index contributed by atoms with van der Waals surface area (Å²) in [5.74, 6) is 0.231. The maximum Gasteiger partial charge on any atom is 0.317 e. The molecule has 9 heteroatoms. The minimum atomic E-state index is -0.759. The van der Waals surface area contributed by atoms with Crippen LogP contribution in [0.5, 0.6) is 5.75 Å². The summed E-state index contributed by atoms with van der Waals surface area (Å²) in [6.45, 7) is 0.284. The van der Waals surface area contributed by atoms with Crippen LogP contribution < -0.4 is 9.75 Å². The molecule has 178 valence electrons. The van der Waals surface area contributed by atoms with Crippen molar-refractivity contribution in [3.8, 4) is 5.75 Å². The highest BCUT2D eigenvalue weighted by atomic mass is 127. The van der Waals surface area contributed by atoms with Crippen molar-refractivity contribution in [3.05, 3.63) is 72.3 Å². The molecule has 1 saturated heterocycles. The molecule has 34 heavy (non-hydrogen) atoms. The zero-order valence-electron chi connectivity index (χ0n) is 18.8. The van der Waals surface area contributed by atoms with E-state index in [4.69, 9.17) is 21.7 Å². The van der Waals surface area contributed by atoms with E-state index in [1.807, 2.05) is 48.7 Å². The first-order valence-corrected chi connectivity index (χ1v) is 13.7. The number of alkyl halides is 1. The third-order valence-electron chi connectivity index (χ3n) is 6.14. The van der Waals surface area contributed by atoms with Crippen LogP contribution in [0, 0.1) is 5.41 Å². The Morgan fingerprint density at radius 2 is 1.94 bits per heavy atom. The fraction of sp³-hybridized carbons (Fsp3) is 0.320. The van der Waals surface area contributed by atoms with Crippen LogP contribution in [-0.2, 0) is 9.53 Å². The molecule has 0 aromatic heterocycles. The molecule has 2 aliphatic rings. The summed E-state index contributed by atoms with van der Waals surface area (Å²) >= 11 is 9.39. The molecule has 1 aliphatic carbocycles. The van der Waals surface area contributed by atoms with Gasteiger partial charge in [-0.15, -0.1) is 0 Å². The van der Waals surface area contributed by atoms with Crippen LogP contribution in [0.25, 0.3) is 0 Å². The molecule has 1 amide bonds. The molecule has 2 aromatic rings. The highest BCUT2D eigenvalue weighted by Gasteiger charge is 2.56. The van der Waals surface area contributed by atoms with Crippen LogP contribution in [0.3, 0.4) is 0 Å². The molecule has 3 atom stereocenters. The van der Waals surface area contributed by atoms with Crippen LogP contribution >= 0.6 is 46.6 Å². The van der Waals surface area contributed by atoms with Gasteiger partial charge in [-0.2, -0.15) is 0 Å². The third-order valence-corrected chi connectivity index (χ3v) is 9.25. The molecule has 1 aliphatic heterocycles. The van der Waals surface area contributed by atoms with Gasteiger partial charge >= 0.3 is 5.97 Å². The molecule has 0 N–H and O–H groups in total. The number of hydrogen-bond acceptors (Lipinski definition) is 6. The number of esters is 1. The van der Waals surface area contributed by atoms with Crippen molar-refractivity contribution >= 4 is 68.5 Å². The van der Waals surface area contributed by atoms with Gasteiger partial charge in [0.2, 0.25) is 0 Å². The fourth-order valence-corrected chi connectivity index (χ4v) is 6.07. The Morgan fingerprint density at radius 1 is 1.24 bits per heavy atom. The molecular formula is C25H25IN2O4S2. The summed E-state index contributed by atoms with van der Waals surface area (Å²) in [5.41, 5.74) is 0.518. The van der Waals surface area contributed by atoms with Gasteiger partial charge < -0.3 is 9.47 Å². The topological polar surface area (TPSA) is 59.1 Å². The van der Waals surface area contributed by atoms with Gasteiger partial charge in [-0.25, -0.2) is 10.0 Å². The summed E-state index contributed by atoms with van der Waals surface area (Å²) in [4.78, 5) is 26.8. The first-order valence-electron chi connectivity index (χ1n) is 10.8. The molecule has 0 spiro atoms. The second kappa shape index (κ2) is 10.7. The fourth-order valence-electron chi connectivity index (χ4n) is 4.28. The first kappa shape index (κ1) is 25.0. The van der Waals surface area contributed by atoms with E-state index in [1.54, 1.807) is 41.4 Å². The van der Waals surface area contributed by atoms with Crippen molar-refractivity contribution < 1.29 is 19.1 Å². The predicted molar refractivity (Wildman–Crippen MR) is 148 cm³/mol. The number of carbonyl (C=O) groups is 2. The highest BCUT2D eigenvalue weighted by molar-refractivity contribution is 14.1. The van der Waals surface area contributed by atoms with Crippen molar-refractivity contribution in [2.75, 3.05) is 24.9 Å². The van der Waals surface area contributed by atoms with Crippen LogP contribution in [0.4, 0.5) is 5.69 Å². The van der Waals surface area contributed by atoms with Gasteiger partial charge in [0, 0.05) is 18.5 Å². The van der Waals surface area contributed by atoms with Gasteiger partial charge in [0.1, 0.15) is 17.3 Å². The second-order valence-electron chi connectivity index (χ2n) is 8.05. The van der Waals surface area contributed by atoms with Gasteiger partial charge in [0.25, 0.3) is 5.91 Å². The molecule has 6 nitrogen and oxygen atoms in total. The number of ether oxygens (including phenoxy) is 2. The van der Waals surface area contributed by atoms with Crippen LogP contribution in [-0.4, -0.2) is 51.1 Å². The monoisotopic (exact) mass is 608 g/mol. The quantitative estimate of drug-likeness (QED) is 0.111. The number of anilines is 1. The molecule has 1 heterocycles. The van der Waals surface area contributed by atoms with Crippen molar-refractivity contribution in [3.63, 3.8) is 0 Å². The summed E-state index contributed by atoms with van der Waals surface area (Å²) in [5, 5.41) is 3.40. The molecule has 1 fully saturated rings. The number of benzene rings is 2. The van der Waals surface area contributed by atoms with Crippen molar-refractivity contribution in [1.29, 1.82) is 0 Å². The van der Waals surface area contributed by atoms with E-state index in [1.165, 1.54) is 11.8 Å². The lowest BCUT2D eigenvalue weighted by Crippen LogP contribution is -2.51. The van der Waals surface area contributed by atoms with Gasteiger partial charge in [0.15, 0.2) is 4.32 Å². The number of thioether (sulfide) groups is 1. The molecule has 0 unspecified atom stereocenters. The van der Waals surface area contributed by atoms with E-state index in [2.05, 4.69) is 22.6 Å². The Kier molecular flexibility index (Phi) is 7.83. The number of hydrazine groups is 1. The number of hydrogen-bond donors (Lipinski definition) is 0. The number of methoxy groups -OCH3 is 1. The Morgan fingerprint density at radius 3 is 2.59 bits per heavy atom. The first-order chi connectivity index (χ1) is 16.4. The molecule has 0 radical (unpaired) electrons. The van der Waals surface area contributed by atoms with Crippen LogP contribution in [0.1, 0.15) is 23.2 Å². The minimum absolute atomic E-state index is 0.0122. The summed E-state index contributed by atoms with van der Waals surface area (Å²) in [6, 6.07) is 16.5. The number of fused-ring (bicyclic) bond motifs is 2. The molecule has 0 saturated carbocycles. The minimum Gasteiger partial charge on any atom is -0.497 e. The van der Waals surface area contributed by atoms with Gasteiger partial charge in [-0.3, -0.25) is 9.59 Å². The standard InChI is InChI=1S/C25H25IN2O4S2/c1-31-19-12-10-17(11-13-19)22(29)27(28(24(33)34-2)18-7-4-3-5-8-18)16-15-25-14-6-9-20(21(25)26)32-23(25)30/h3-8,10-14,20-21H,9,15-16H2,1-2H3/t20-,21+,25-/m1/s1. The maximum absolute atomic E-state index is 13.9. The lowest BCUT2D eigenvalue weighted by atomic mass is 9.77. The van der Waals surface area contributed by atoms with Crippen molar-refractivity contribution in [2.45, 2.75) is 22.9 Å². The number of rotatable bonds is 6. The molecule has 2 bridgehead atoms. The Hall–Kier alpha value is -2.11. The summed E-state index contributed by atoms with van der Waals surface area (Å²) in [6.07, 6.45) is 6.89. The normalized spacial score (nSPS) is 22.7. The third kappa shape index (κ3) is 4.70. The average Bonchev–Trinajstić information content (AvgIpc) is 2.99.